The van der Waals surface area contributed by atoms with Crippen LogP contribution in [0.25, 0.3) is 0 Å². The molecule has 0 bridgehead atoms. The zero-order valence-electron chi connectivity index (χ0n) is 11.6. The van der Waals surface area contributed by atoms with Crippen molar-refractivity contribution < 1.29 is 14.5 Å². The predicted molar refractivity (Wildman–Crippen MR) is 73.7 cm³/mol. The van der Waals surface area contributed by atoms with E-state index in [-0.39, 0.29) is 24.2 Å². The topological polar surface area (TPSA) is 81.5 Å². The largest absolute Gasteiger partial charge is 0.484 e. The molecule has 1 saturated carbocycles. The molecule has 1 unspecified atom stereocenters. The van der Waals surface area contributed by atoms with E-state index in [0.29, 0.717) is 17.2 Å². The van der Waals surface area contributed by atoms with Crippen molar-refractivity contribution in [2.45, 2.75) is 32.7 Å². The van der Waals surface area contributed by atoms with Crippen LogP contribution in [-0.2, 0) is 4.79 Å². The Morgan fingerprint density at radius 3 is 2.80 bits per heavy atom. The molecule has 108 valence electrons. The van der Waals surface area contributed by atoms with Gasteiger partial charge in [0.1, 0.15) is 5.75 Å². The standard InChI is InChI=1S/C14H18N2O4/c1-9-7-12(5-6-13(9)16(18)19)20-8-14(17)15-10(2)11-3-4-11/h5-7,10-11H,3-4,8H2,1-2H3,(H,15,17). The number of carbonyl (C=O) groups is 1. The zero-order valence-corrected chi connectivity index (χ0v) is 11.6. The molecule has 1 N–H and O–H groups in total. The van der Waals surface area contributed by atoms with Crippen LogP contribution in [0.4, 0.5) is 5.69 Å². The van der Waals surface area contributed by atoms with Gasteiger partial charge in [-0.2, -0.15) is 0 Å². The summed E-state index contributed by atoms with van der Waals surface area (Å²) in [6.45, 7) is 3.56. The number of hydrogen-bond acceptors (Lipinski definition) is 4. The van der Waals surface area contributed by atoms with Crippen LogP contribution in [0.3, 0.4) is 0 Å². The Bertz CT molecular complexity index is 526. The number of carbonyl (C=O) groups excluding carboxylic acids is 1. The number of hydrogen-bond donors (Lipinski definition) is 1. The Labute approximate surface area is 117 Å². The van der Waals surface area contributed by atoms with Crippen LogP contribution in [-0.4, -0.2) is 23.5 Å². The highest BCUT2D eigenvalue weighted by molar-refractivity contribution is 5.77. The van der Waals surface area contributed by atoms with Crippen LogP contribution in [0.1, 0.15) is 25.3 Å². The summed E-state index contributed by atoms with van der Waals surface area (Å²) in [6.07, 6.45) is 2.34. The molecule has 1 fully saturated rings. The highest BCUT2D eigenvalue weighted by Crippen LogP contribution is 2.32. The smallest absolute Gasteiger partial charge is 0.272 e. The monoisotopic (exact) mass is 278 g/mol. The summed E-state index contributed by atoms with van der Waals surface area (Å²) >= 11 is 0. The number of ether oxygens (including phenoxy) is 1. The summed E-state index contributed by atoms with van der Waals surface area (Å²) in [6, 6.07) is 4.64. The van der Waals surface area contributed by atoms with Crippen molar-refractivity contribution in [3.05, 3.63) is 33.9 Å². The third-order valence-electron chi connectivity index (χ3n) is 3.45. The Morgan fingerprint density at radius 2 is 2.25 bits per heavy atom. The Hall–Kier alpha value is -2.11. The second kappa shape index (κ2) is 5.90. The van der Waals surface area contributed by atoms with Gasteiger partial charge in [0.05, 0.1) is 4.92 Å². The summed E-state index contributed by atoms with van der Waals surface area (Å²) in [5.41, 5.74) is 0.559. The zero-order chi connectivity index (χ0) is 14.7. The van der Waals surface area contributed by atoms with Gasteiger partial charge in [-0.15, -0.1) is 0 Å². The van der Waals surface area contributed by atoms with Crippen molar-refractivity contribution in [3.63, 3.8) is 0 Å². The van der Waals surface area contributed by atoms with E-state index in [9.17, 15) is 14.9 Å². The van der Waals surface area contributed by atoms with Crippen LogP contribution >= 0.6 is 0 Å². The molecular formula is C14H18N2O4. The second-order valence-electron chi connectivity index (χ2n) is 5.19. The molecule has 1 amide bonds. The van der Waals surface area contributed by atoms with Gasteiger partial charge >= 0.3 is 0 Å². The fraction of sp³-hybridized carbons (Fsp3) is 0.500. The van der Waals surface area contributed by atoms with Gasteiger partial charge in [0.25, 0.3) is 11.6 Å². The fourth-order valence-electron chi connectivity index (χ4n) is 2.08. The van der Waals surface area contributed by atoms with Gasteiger partial charge in [0.2, 0.25) is 0 Å². The summed E-state index contributed by atoms with van der Waals surface area (Å²) in [5, 5.41) is 13.6. The molecule has 0 spiro atoms. The lowest BCUT2D eigenvalue weighted by molar-refractivity contribution is -0.385. The number of nitrogens with zero attached hydrogens (tertiary/aromatic N) is 1. The van der Waals surface area contributed by atoms with Crippen LogP contribution < -0.4 is 10.1 Å². The maximum Gasteiger partial charge on any atom is 0.272 e. The van der Waals surface area contributed by atoms with E-state index >= 15 is 0 Å². The molecular weight excluding hydrogens is 260 g/mol. The van der Waals surface area contributed by atoms with Crippen molar-refractivity contribution in [3.8, 4) is 5.75 Å². The maximum atomic E-state index is 11.7. The van der Waals surface area contributed by atoms with E-state index in [1.807, 2.05) is 6.92 Å². The lowest BCUT2D eigenvalue weighted by atomic mass is 10.2. The second-order valence-corrected chi connectivity index (χ2v) is 5.19. The number of nitro groups is 1. The predicted octanol–water partition coefficient (Wildman–Crippen LogP) is 2.20. The third-order valence-corrected chi connectivity index (χ3v) is 3.45. The first-order chi connectivity index (χ1) is 9.47. The minimum atomic E-state index is -0.441. The van der Waals surface area contributed by atoms with Crippen molar-refractivity contribution in [2.24, 2.45) is 5.92 Å². The molecule has 1 aromatic carbocycles. The summed E-state index contributed by atoms with van der Waals surface area (Å²) in [5.74, 6) is 0.892. The Morgan fingerprint density at radius 1 is 1.55 bits per heavy atom. The van der Waals surface area contributed by atoms with Crippen LogP contribution in [0.5, 0.6) is 5.75 Å². The van der Waals surface area contributed by atoms with Gasteiger partial charge in [0.15, 0.2) is 6.61 Å². The molecule has 0 aromatic heterocycles. The third kappa shape index (κ3) is 3.69. The van der Waals surface area contributed by atoms with Crippen molar-refractivity contribution in [1.82, 2.24) is 5.32 Å². The Balaban J connectivity index is 1.85. The lowest BCUT2D eigenvalue weighted by Crippen LogP contribution is -2.37. The minimum Gasteiger partial charge on any atom is -0.484 e. The average molecular weight is 278 g/mol. The average Bonchev–Trinajstić information content (AvgIpc) is 3.20. The fourth-order valence-corrected chi connectivity index (χ4v) is 2.08. The highest BCUT2D eigenvalue weighted by Gasteiger charge is 2.28. The van der Waals surface area contributed by atoms with Crippen molar-refractivity contribution in [2.75, 3.05) is 6.61 Å². The van der Waals surface area contributed by atoms with E-state index in [1.165, 1.54) is 25.0 Å². The number of nitrogens with one attached hydrogen (secondary N) is 1. The van der Waals surface area contributed by atoms with Crippen molar-refractivity contribution >= 4 is 11.6 Å². The van der Waals surface area contributed by atoms with Crippen LogP contribution in [0.15, 0.2) is 18.2 Å². The van der Waals surface area contributed by atoms with Gasteiger partial charge in [0, 0.05) is 17.7 Å². The summed E-state index contributed by atoms with van der Waals surface area (Å²) in [7, 11) is 0. The first kappa shape index (κ1) is 14.3. The first-order valence-corrected chi connectivity index (χ1v) is 6.64. The van der Waals surface area contributed by atoms with E-state index < -0.39 is 4.92 Å². The number of amides is 1. The number of aryl methyl sites for hydroxylation is 1. The molecule has 0 aliphatic heterocycles. The molecule has 1 aromatic rings. The molecule has 6 heteroatoms. The van der Waals surface area contributed by atoms with E-state index in [0.717, 1.165) is 0 Å². The van der Waals surface area contributed by atoms with Gasteiger partial charge in [-0.25, -0.2) is 0 Å². The summed E-state index contributed by atoms with van der Waals surface area (Å²) < 4.78 is 5.35. The molecule has 20 heavy (non-hydrogen) atoms. The molecule has 6 nitrogen and oxygen atoms in total. The van der Waals surface area contributed by atoms with Gasteiger partial charge in [-0.1, -0.05) is 0 Å². The van der Waals surface area contributed by atoms with Gasteiger partial charge < -0.3 is 10.1 Å². The molecule has 0 saturated heterocycles. The number of rotatable bonds is 6. The molecule has 1 atom stereocenters. The van der Waals surface area contributed by atoms with E-state index in [1.54, 1.807) is 13.0 Å². The molecule has 1 aliphatic carbocycles. The van der Waals surface area contributed by atoms with Crippen LogP contribution in [0.2, 0.25) is 0 Å². The first-order valence-electron chi connectivity index (χ1n) is 6.64. The maximum absolute atomic E-state index is 11.7. The quantitative estimate of drug-likeness (QED) is 0.639. The highest BCUT2D eigenvalue weighted by atomic mass is 16.6. The summed E-state index contributed by atoms with van der Waals surface area (Å²) in [4.78, 5) is 21.9. The van der Waals surface area contributed by atoms with Gasteiger partial charge in [-0.05, 0) is 44.7 Å². The SMILES string of the molecule is Cc1cc(OCC(=O)NC(C)C2CC2)ccc1[N+](=O)[O-]. The molecule has 2 rings (SSSR count). The Kier molecular flexibility index (Phi) is 4.22. The number of benzene rings is 1. The van der Waals surface area contributed by atoms with Gasteiger partial charge in [-0.3, -0.25) is 14.9 Å². The molecule has 1 aliphatic rings. The van der Waals surface area contributed by atoms with Crippen molar-refractivity contribution in [1.29, 1.82) is 0 Å². The van der Waals surface area contributed by atoms with Crippen LogP contribution in [0, 0.1) is 23.0 Å². The minimum absolute atomic E-state index is 0.0455. The normalized spacial score (nSPS) is 15.5. The lowest BCUT2D eigenvalue weighted by Gasteiger charge is -2.13. The van der Waals surface area contributed by atoms with E-state index in [2.05, 4.69) is 5.32 Å². The molecule has 0 radical (unpaired) electrons. The van der Waals surface area contributed by atoms with E-state index in [4.69, 9.17) is 4.74 Å². The number of nitro benzene ring substituents is 1. The molecule has 0 heterocycles.